The topological polar surface area (TPSA) is 84.8 Å². The van der Waals surface area contributed by atoms with Gasteiger partial charge in [0.2, 0.25) is 0 Å². The first-order valence-electron chi connectivity index (χ1n) is 6.65. The minimum atomic E-state index is -0.300. The molecule has 1 aromatic carbocycles. The third-order valence-corrected chi connectivity index (χ3v) is 3.06. The number of unbranched alkanes of at least 4 members (excludes halogenated alkanes) is 1. The zero-order chi connectivity index (χ0) is 14.5. The van der Waals surface area contributed by atoms with Crippen molar-refractivity contribution in [3.05, 3.63) is 52.3 Å². The number of hydrogen-bond acceptors (Lipinski definition) is 3. The molecule has 2 rings (SSSR count). The molecule has 0 saturated carbocycles. The van der Waals surface area contributed by atoms with E-state index >= 15 is 0 Å². The van der Waals surface area contributed by atoms with E-state index in [9.17, 15) is 4.79 Å². The molecule has 104 valence electrons. The summed E-state index contributed by atoms with van der Waals surface area (Å²) >= 11 is 0. The molecule has 1 aromatic heterocycles. The molecule has 0 aliphatic rings. The summed E-state index contributed by atoms with van der Waals surface area (Å²) < 4.78 is 1.41. The highest BCUT2D eigenvalue weighted by Crippen LogP contribution is 2.15. The van der Waals surface area contributed by atoms with Gasteiger partial charge in [-0.15, -0.1) is 0 Å². The maximum Gasteiger partial charge on any atom is 0.277 e. The fraction of sp³-hybridized carbons (Fsp3) is 0.267. The molecule has 5 nitrogen and oxygen atoms in total. The van der Waals surface area contributed by atoms with Gasteiger partial charge >= 0.3 is 0 Å². The fourth-order valence-corrected chi connectivity index (χ4v) is 1.94. The van der Waals surface area contributed by atoms with Crippen LogP contribution in [0.4, 0.5) is 0 Å². The molecule has 0 aliphatic heterocycles. The van der Waals surface area contributed by atoms with Crippen LogP contribution in [0.2, 0.25) is 0 Å². The van der Waals surface area contributed by atoms with Gasteiger partial charge in [-0.05, 0) is 12.5 Å². The largest absolute Gasteiger partial charge is 0.384 e. The van der Waals surface area contributed by atoms with Gasteiger partial charge in [0.15, 0.2) is 0 Å². The molecular formula is C15H18N4O. The SMILES string of the molecule is CCCCn1nc(-c2ccccc2)cc(C(=N)N)c1=O. The van der Waals surface area contributed by atoms with Crippen molar-refractivity contribution < 1.29 is 0 Å². The molecule has 20 heavy (non-hydrogen) atoms. The summed E-state index contributed by atoms with van der Waals surface area (Å²) in [6.07, 6.45) is 1.83. The van der Waals surface area contributed by atoms with Crippen molar-refractivity contribution in [3.63, 3.8) is 0 Å². The first kappa shape index (κ1) is 14.0. The Morgan fingerprint density at radius 2 is 2.05 bits per heavy atom. The van der Waals surface area contributed by atoms with Crippen LogP contribution in [0, 0.1) is 5.41 Å². The Bertz CT molecular complexity index is 661. The molecule has 0 saturated heterocycles. The van der Waals surface area contributed by atoms with Crippen LogP contribution < -0.4 is 11.3 Å². The Kier molecular flexibility index (Phi) is 4.30. The predicted octanol–water partition coefficient (Wildman–Crippen LogP) is 1.99. The van der Waals surface area contributed by atoms with E-state index in [1.54, 1.807) is 6.07 Å². The van der Waals surface area contributed by atoms with E-state index in [1.165, 1.54) is 4.68 Å². The number of nitrogen functional groups attached to an aromatic ring is 1. The molecule has 0 unspecified atom stereocenters. The van der Waals surface area contributed by atoms with Crippen LogP contribution in [-0.4, -0.2) is 15.6 Å². The lowest BCUT2D eigenvalue weighted by Crippen LogP contribution is -2.31. The zero-order valence-corrected chi connectivity index (χ0v) is 11.5. The quantitative estimate of drug-likeness (QED) is 0.643. The molecule has 0 atom stereocenters. The maximum absolute atomic E-state index is 12.2. The highest BCUT2D eigenvalue weighted by molar-refractivity contribution is 5.95. The van der Waals surface area contributed by atoms with E-state index in [-0.39, 0.29) is 17.0 Å². The number of aromatic nitrogens is 2. The second-order valence-corrected chi connectivity index (χ2v) is 4.60. The molecular weight excluding hydrogens is 252 g/mol. The van der Waals surface area contributed by atoms with Crippen LogP contribution in [0.3, 0.4) is 0 Å². The van der Waals surface area contributed by atoms with E-state index in [0.29, 0.717) is 12.2 Å². The van der Waals surface area contributed by atoms with Crippen molar-refractivity contribution in [2.45, 2.75) is 26.3 Å². The van der Waals surface area contributed by atoms with Gasteiger partial charge in [-0.1, -0.05) is 43.7 Å². The van der Waals surface area contributed by atoms with Gasteiger partial charge in [-0.3, -0.25) is 10.2 Å². The summed E-state index contributed by atoms with van der Waals surface area (Å²) in [7, 11) is 0. The number of nitrogens with zero attached hydrogens (tertiary/aromatic N) is 2. The summed E-state index contributed by atoms with van der Waals surface area (Å²) in [5.41, 5.74) is 6.97. The Hall–Kier alpha value is -2.43. The second kappa shape index (κ2) is 6.14. The highest BCUT2D eigenvalue weighted by atomic mass is 16.1. The molecule has 3 N–H and O–H groups in total. The van der Waals surface area contributed by atoms with Crippen molar-refractivity contribution in [2.24, 2.45) is 5.73 Å². The van der Waals surface area contributed by atoms with E-state index in [2.05, 4.69) is 12.0 Å². The molecule has 0 fully saturated rings. The molecule has 0 radical (unpaired) electrons. The molecule has 0 bridgehead atoms. The third kappa shape index (κ3) is 2.93. The van der Waals surface area contributed by atoms with Crippen molar-refractivity contribution in [1.82, 2.24) is 9.78 Å². The Morgan fingerprint density at radius 1 is 1.35 bits per heavy atom. The molecule has 2 aromatic rings. The van der Waals surface area contributed by atoms with Crippen LogP contribution in [-0.2, 0) is 6.54 Å². The van der Waals surface area contributed by atoms with Crippen molar-refractivity contribution >= 4 is 5.84 Å². The van der Waals surface area contributed by atoms with Crippen molar-refractivity contribution in [2.75, 3.05) is 0 Å². The van der Waals surface area contributed by atoms with E-state index in [0.717, 1.165) is 18.4 Å². The first-order chi connectivity index (χ1) is 9.63. The van der Waals surface area contributed by atoms with Gasteiger partial charge in [-0.25, -0.2) is 4.68 Å². The van der Waals surface area contributed by atoms with Gasteiger partial charge in [0.1, 0.15) is 5.84 Å². The molecule has 5 heteroatoms. The maximum atomic E-state index is 12.2. The summed E-state index contributed by atoms with van der Waals surface area (Å²) in [5.74, 6) is -0.222. The number of amidine groups is 1. The number of benzene rings is 1. The van der Waals surface area contributed by atoms with E-state index in [4.69, 9.17) is 11.1 Å². The van der Waals surface area contributed by atoms with Crippen LogP contribution in [0.25, 0.3) is 11.3 Å². The second-order valence-electron chi connectivity index (χ2n) is 4.60. The molecule has 0 spiro atoms. The van der Waals surface area contributed by atoms with Crippen molar-refractivity contribution in [3.8, 4) is 11.3 Å². The summed E-state index contributed by atoms with van der Waals surface area (Å²) in [6.45, 7) is 2.59. The molecule has 0 amide bonds. The van der Waals surface area contributed by atoms with E-state index in [1.807, 2.05) is 30.3 Å². The molecule has 1 heterocycles. The van der Waals surface area contributed by atoms with Crippen molar-refractivity contribution in [1.29, 1.82) is 5.41 Å². The van der Waals surface area contributed by atoms with Crippen LogP contribution in [0.5, 0.6) is 0 Å². The number of rotatable bonds is 5. The Morgan fingerprint density at radius 3 is 2.65 bits per heavy atom. The average molecular weight is 270 g/mol. The number of nitrogens with two attached hydrogens (primary N) is 1. The third-order valence-electron chi connectivity index (χ3n) is 3.06. The van der Waals surface area contributed by atoms with Gasteiger partial charge < -0.3 is 5.73 Å². The minimum Gasteiger partial charge on any atom is -0.384 e. The Labute approximate surface area is 117 Å². The standard InChI is InChI=1S/C15H18N4O/c1-2-3-9-19-15(20)12(14(16)17)10-13(18-19)11-7-5-4-6-8-11/h4-8,10H,2-3,9H2,1H3,(H3,16,17). The predicted molar refractivity (Wildman–Crippen MR) is 79.9 cm³/mol. The minimum absolute atomic E-state index is 0.204. The Balaban J connectivity index is 2.56. The van der Waals surface area contributed by atoms with Crippen LogP contribution in [0.1, 0.15) is 25.3 Å². The monoisotopic (exact) mass is 270 g/mol. The van der Waals surface area contributed by atoms with Gasteiger partial charge in [0, 0.05) is 12.1 Å². The number of hydrogen-bond donors (Lipinski definition) is 2. The van der Waals surface area contributed by atoms with Gasteiger partial charge in [0.05, 0.1) is 11.3 Å². The normalized spacial score (nSPS) is 10.4. The number of nitrogens with one attached hydrogen (secondary N) is 1. The fourth-order valence-electron chi connectivity index (χ4n) is 1.94. The highest BCUT2D eigenvalue weighted by Gasteiger charge is 2.11. The van der Waals surface area contributed by atoms with Gasteiger partial charge in [-0.2, -0.15) is 5.10 Å². The lowest BCUT2D eigenvalue weighted by Gasteiger charge is -2.09. The summed E-state index contributed by atoms with van der Waals surface area (Å²) in [6, 6.07) is 11.2. The first-order valence-corrected chi connectivity index (χ1v) is 6.65. The lowest BCUT2D eigenvalue weighted by molar-refractivity contribution is 0.544. The van der Waals surface area contributed by atoms with E-state index < -0.39 is 0 Å². The summed E-state index contributed by atoms with van der Waals surface area (Å²) in [4.78, 5) is 12.2. The molecule has 0 aliphatic carbocycles. The van der Waals surface area contributed by atoms with Crippen LogP contribution >= 0.6 is 0 Å². The zero-order valence-electron chi connectivity index (χ0n) is 11.5. The summed E-state index contributed by atoms with van der Waals surface area (Å²) in [5, 5.41) is 11.9. The lowest BCUT2D eigenvalue weighted by atomic mass is 10.1. The van der Waals surface area contributed by atoms with Gasteiger partial charge in [0.25, 0.3) is 5.56 Å². The van der Waals surface area contributed by atoms with Crippen LogP contribution in [0.15, 0.2) is 41.2 Å². The number of aryl methyl sites for hydroxylation is 1. The smallest absolute Gasteiger partial charge is 0.277 e. The average Bonchev–Trinajstić information content (AvgIpc) is 2.46.